The summed E-state index contributed by atoms with van der Waals surface area (Å²) in [5, 5.41) is 17.4. The molecule has 35 heavy (non-hydrogen) atoms. The largest absolute Gasteiger partial charge is 0.507 e. The van der Waals surface area contributed by atoms with Crippen LogP contribution in [0.4, 0.5) is 5.69 Å². The second-order valence-electron chi connectivity index (χ2n) is 10.1. The Morgan fingerprint density at radius 1 is 0.829 bits per heavy atom. The molecule has 0 saturated heterocycles. The molecule has 0 bridgehead atoms. The van der Waals surface area contributed by atoms with Gasteiger partial charge in [-0.2, -0.15) is 0 Å². The third-order valence-electron chi connectivity index (χ3n) is 6.64. The number of nitrogens with zero attached hydrogens (tertiary/aromatic N) is 1. The van der Waals surface area contributed by atoms with Gasteiger partial charge >= 0.3 is 0 Å². The van der Waals surface area contributed by atoms with Gasteiger partial charge in [-0.05, 0) is 72.6 Å². The molecular weight excluding hydrogens is 448 g/mol. The molecule has 0 aliphatic carbocycles. The molecule has 0 aliphatic heterocycles. The maximum absolute atomic E-state index is 10.4. The SMILES string of the molecule is Cc1cc(C)c(C(Nc2c(C(C)C)cccc2C(C)C)c2nc(-c3ccccc3O)cs2)c(C)c1. The van der Waals surface area contributed by atoms with Gasteiger partial charge in [-0.3, -0.25) is 0 Å². The molecular formula is C31H36N2OS. The number of hydrogen-bond acceptors (Lipinski definition) is 4. The number of phenolic OH excluding ortho intramolecular Hbond substituents is 1. The molecule has 0 amide bonds. The van der Waals surface area contributed by atoms with Gasteiger partial charge in [-0.15, -0.1) is 11.3 Å². The molecule has 2 N–H and O–H groups in total. The van der Waals surface area contributed by atoms with Crippen molar-refractivity contribution < 1.29 is 5.11 Å². The number of aryl methyl sites for hydroxylation is 3. The first-order valence-electron chi connectivity index (χ1n) is 12.4. The molecule has 0 aliphatic rings. The molecule has 3 nitrogen and oxygen atoms in total. The minimum atomic E-state index is -0.0994. The normalized spacial score (nSPS) is 12.4. The maximum atomic E-state index is 10.4. The van der Waals surface area contributed by atoms with E-state index in [-0.39, 0.29) is 11.8 Å². The topological polar surface area (TPSA) is 45.2 Å². The van der Waals surface area contributed by atoms with Gasteiger partial charge in [0.15, 0.2) is 0 Å². The molecule has 0 saturated carbocycles. The smallest absolute Gasteiger partial charge is 0.125 e. The van der Waals surface area contributed by atoms with E-state index in [9.17, 15) is 5.11 Å². The summed E-state index contributed by atoms with van der Waals surface area (Å²) in [6.45, 7) is 15.5. The predicted molar refractivity (Wildman–Crippen MR) is 150 cm³/mol. The lowest BCUT2D eigenvalue weighted by atomic mass is 9.90. The summed E-state index contributed by atoms with van der Waals surface area (Å²) in [5.41, 5.74) is 10.5. The van der Waals surface area contributed by atoms with Crippen LogP contribution < -0.4 is 5.32 Å². The number of thiazole rings is 1. The maximum Gasteiger partial charge on any atom is 0.125 e. The average Bonchev–Trinajstić information content (AvgIpc) is 3.27. The fourth-order valence-corrected chi connectivity index (χ4v) is 5.88. The number of para-hydroxylation sites is 2. The van der Waals surface area contributed by atoms with E-state index in [1.165, 1.54) is 39.1 Å². The van der Waals surface area contributed by atoms with Gasteiger partial charge in [0.05, 0.1) is 5.69 Å². The number of anilines is 1. The lowest BCUT2D eigenvalue weighted by molar-refractivity contribution is 0.477. The first-order chi connectivity index (χ1) is 16.7. The van der Waals surface area contributed by atoms with Crippen LogP contribution in [-0.4, -0.2) is 10.1 Å². The van der Waals surface area contributed by atoms with Crippen molar-refractivity contribution in [3.63, 3.8) is 0 Å². The zero-order chi connectivity index (χ0) is 25.3. The van der Waals surface area contributed by atoms with Gasteiger partial charge in [-0.1, -0.05) is 75.7 Å². The Bertz CT molecular complexity index is 1290. The molecule has 3 aromatic carbocycles. The molecule has 1 heterocycles. The van der Waals surface area contributed by atoms with E-state index in [0.29, 0.717) is 11.8 Å². The molecule has 4 heteroatoms. The van der Waals surface area contributed by atoms with E-state index in [1.807, 2.05) is 18.2 Å². The number of aromatic hydroxyl groups is 1. The number of aromatic nitrogens is 1. The summed E-state index contributed by atoms with van der Waals surface area (Å²) in [4.78, 5) is 5.06. The third kappa shape index (κ3) is 5.13. The molecule has 4 aromatic rings. The molecule has 182 valence electrons. The van der Waals surface area contributed by atoms with Crippen LogP contribution in [0.25, 0.3) is 11.3 Å². The van der Waals surface area contributed by atoms with Crippen LogP contribution in [0.1, 0.15) is 84.0 Å². The van der Waals surface area contributed by atoms with E-state index in [0.717, 1.165) is 16.3 Å². The van der Waals surface area contributed by atoms with E-state index >= 15 is 0 Å². The molecule has 0 spiro atoms. The first kappa shape index (κ1) is 25.0. The van der Waals surface area contributed by atoms with Crippen molar-refractivity contribution in [2.24, 2.45) is 0 Å². The summed E-state index contributed by atoms with van der Waals surface area (Å²) in [6, 6.07) is 18.5. The average molecular weight is 485 g/mol. The van der Waals surface area contributed by atoms with E-state index in [4.69, 9.17) is 4.98 Å². The molecule has 1 unspecified atom stereocenters. The van der Waals surface area contributed by atoms with Gasteiger partial charge in [0.1, 0.15) is 16.8 Å². The second kappa shape index (κ2) is 10.2. The standard InChI is InChI=1S/C31H36N2OS/c1-18(2)23-12-10-13-24(19(3)4)29(23)33-30(28-21(6)15-20(5)16-22(28)7)31-32-26(17-35-31)25-11-8-9-14-27(25)34/h8-19,30,33-34H,1-7H3. The summed E-state index contributed by atoms with van der Waals surface area (Å²) in [6.07, 6.45) is 0. The van der Waals surface area contributed by atoms with Crippen molar-refractivity contribution in [1.82, 2.24) is 4.98 Å². The summed E-state index contributed by atoms with van der Waals surface area (Å²) < 4.78 is 0. The van der Waals surface area contributed by atoms with Crippen LogP contribution in [0, 0.1) is 20.8 Å². The highest BCUT2D eigenvalue weighted by molar-refractivity contribution is 7.10. The third-order valence-corrected chi connectivity index (χ3v) is 7.55. The van der Waals surface area contributed by atoms with Crippen molar-refractivity contribution >= 4 is 17.0 Å². The Balaban J connectivity index is 1.90. The van der Waals surface area contributed by atoms with Crippen LogP contribution in [0.15, 0.2) is 60.0 Å². The van der Waals surface area contributed by atoms with E-state index in [2.05, 4.69) is 89.5 Å². The minimum Gasteiger partial charge on any atom is -0.507 e. The summed E-state index contributed by atoms with van der Waals surface area (Å²) in [5.74, 6) is 1.04. The van der Waals surface area contributed by atoms with Crippen LogP contribution in [-0.2, 0) is 0 Å². The molecule has 0 radical (unpaired) electrons. The fraction of sp³-hybridized carbons (Fsp3) is 0.323. The lowest BCUT2D eigenvalue weighted by Gasteiger charge is -2.28. The highest BCUT2D eigenvalue weighted by Gasteiger charge is 2.25. The van der Waals surface area contributed by atoms with Gasteiger partial charge in [0, 0.05) is 16.6 Å². The summed E-state index contributed by atoms with van der Waals surface area (Å²) >= 11 is 1.64. The van der Waals surface area contributed by atoms with Crippen LogP contribution in [0.2, 0.25) is 0 Å². The minimum absolute atomic E-state index is 0.0994. The van der Waals surface area contributed by atoms with Gasteiger partial charge in [0.2, 0.25) is 0 Å². The number of phenols is 1. The Labute approximate surface area is 213 Å². The Kier molecular flexibility index (Phi) is 7.32. The Hall–Kier alpha value is -3.11. The Morgan fingerprint density at radius 3 is 2.00 bits per heavy atom. The van der Waals surface area contributed by atoms with Crippen LogP contribution >= 0.6 is 11.3 Å². The number of benzene rings is 3. The molecule has 1 aromatic heterocycles. The second-order valence-corrected chi connectivity index (χ2v) is 11.0. The van der Waals surface area contributed by atoms with Gasteiger partial charge in [-0.25, -0.2) is 4.98 Å². The molecule has 1 atom stereocenters. The fourth-order valence-electron chi connectivity index (χ4n) is 5.00. The zero-order valence-electron chi connectivity index (χ0n) is 21.8. The predicted octanol–water partition coefficient (Wildman–Crippen LogP) is 8.89. The first-order valence-corrected chi connectivity index (χ1v) is 13.3. The van der Waals surface area contributed by atoms with Crippen LogP contribution in [0.3, 0.4) is 0 Å². The molecule has 0 fully saturated rings. The molecule has 4 rings (SSSR count). The lowest BCUT2D eigenvalue weighted by Crippen LogP contribution is -2.18. The van der Waals surface area contributed by atoms with Gasteiger partial charge in [0.25, 0.3) is 0 Å². The van der Waals surface area contributed by atoms with Crippen LogP contribution in [0.5, 0.6) is 5.75 Å². The van der Waals surface area contributed by atoms with E-state index in [1.54, 1.807) is 17.4 Å². The Morgan fingerprint density at radius 2 is 1.43 bits per heavy atom. The monoisotopic (exact) mass is 484 g/mol. The number of hydrogen-bond donors (Lipinski definition) is 2. The van der Waals surface area contributed by atoms with E-state index < -0.39 is 0 Å². The van der Waals surface area contributed by atoms with Crippen molar-refractivity contribution in [2.45, 2.75) is 66.3 Å². The number of rotatable bonds is 7. The zero-order valence-corrected chi connectivity index (χ0v) is 22.6. The highest BCUT2D eigenvalue weighted by Crippen LogP contribution is 2.40. The van der Waals surface area contributed by atoms with Crippen molar-refractivity contribution in [3.8, 4) is 17.0 Å². The quantitative estimate of drug-likeness (QED) is 0.275. The van der Waals surface area contributed by atoms with Crippen molar-refractivity contribution in [3.05, 3.63) is 98.4 Å². The number of nitrogens with one attached hydrogen (secondary N) is 1. The van der Waals surface area contributed by atoms with Gasteiger partial charge < -0.3 is 10.4 Å². The highest BCUT2D eigenvalue weighted by atomic mass is 32.1. The van der Waals surface area contributed by atoms with Crippen molar-refractivity contribution in [2.75, 3.05) is 5.32 Å². The van der Waals surface area contributed by atoms with Crippen molar-refractivity contribution in [1.29, 1.82) is 0 Å². The summed E-state index contributed by atoms with van der Waals surface area (Å²) in [7, 11) is 0.